The van der Waals surface area contributed by atoms with Gasteiger partial charge in [0.1, 0.15) is 0 Å². The van der Waals surface area contributed by atoms with Crippen LogP contribution < -0.4 is 0 Å². The van der Waals surface area contributed by atoms with E-state index in [-0.39, 0.29) is 5.78 Å². The number of nitrogens with zero attached hydrogens (tertiary/aromatic N) is 1. The molecule has 0 aromatic rings. The van der Waals surface area contributed by atoms with Gasteiger partial charge in [-0.2, -0.15) is 0 Å². The van der Waals surface area contributed by atoms with Crippen LogP contribution in [0.25, 0.3) is 0 Å². The molecule has 0 saturated heterocycles. The van der Waals surface area contributed by atoms with E-state index in [1.165, 1.54) is 89.9 Å². The summed E-state index contributed by atoms with van der Waals surface area (Å²) < 4.78 is 18.3. The maximum absolute atomic E-state index is 12.5. The van der Waals surface area contributed by atoms with E-state index in [2.05, 4.69) is 19.1 Å². The molecule has 0 heterocycles. The molecule has 0 aromatic heterocycles. The van der Waals surface area contributed by atoms with Gasteiger partial charge in [0, 0.05) is 6.42 Å². The summed E-state index contributed by atoms with van der Waals surface area (Å²) in [7, 11) is 2.25. The van der Waals surface area contributed by atoms with Crippen molar-refractivity contribution in [1.29, 1.82) is 0 Å². The smallest absolute Gasteiger partial charge is 0.320 e. The third-order valence-electron chi connectivity index (χ3n) is 6.09. The fraction of sp³-hybridized carbons (Fsp3) is 0.923. The quantitative estimate of drug-likeness (QED) is 0.0763. The molecule has 0 fully saturated rings. The first-order valence-corrected chi connectivity index (χ1v) is 14.8. The molecule has 0 aromatic carbocycles. The van der Waals surface area contributed by atoms with E-state index in [9.17, 15) is 9.46 Å². The minimum atomic E-state index is -3.58. The summed E-state index contributed by atoms with van der Waals surface area (Å²) in [5.74, 6) is -0.368. The Morgan fingerprint density at radius 2 is 1.16 bits per heavy atom. The molecule has 4 nitrogen and oxygen atoms in total. The third-order valence-corrected chi connectivity index (χ3v) is 8.45. The predicted octanol–water partition coefficient (Wildman–Crippen LogP) is 8.45. The van der Waals surface area contributed by atoms with E-state index in [1.54, 1.807) is 0 Å². The number of allylic oxidation sites excluding steroid dienone is 1. The standard InChI is InChI=1S/C26H54NO3P/c1-6-8-9-10-11-12-13-14-15-16-17-18-19-20-21-22-23-24-25-30-31(28,29)26(7-2)27(3,4)5/h22-23,26H,6-21,24-25H2,1-5H3/p+1/b23-22-. The summed E-state index contributed by atoms with van der Waals surface area (Å²) in [4.78, 5) is 10.2. The minimum absolute atomic E-state index is 0.319. The summed E-state index contributed by atoms with van der Waals surface area (Å²) in [6.07, 6.45) is 26.2. The highest BCUT2D eigenvalue weighted by Gasteiger charge is 2.41. The molecule has 0 bridgehead atoms. The molecule has 0 rings (SSSR count). The van der Waals surface area contributed by atoms with Crippen LogP contribution in [0, 0.1) is 0 Å². The number of hydrogen-bond acceptors (Lipinski definition) is 2. The molecule has 5 heteroatoms. The van der Waals surface area contributed by atoms with Gasteiger partial charge in [-0.05, 0) is 19.3 Å². The van der Waals surface area contributed by atoms with Crippen LogP contribution in [0.15, 0.2) is 12.2 Å². The summed E-state index contributed by atoms with van der Waals surface area (Å²) >= 11 is 0. The van der Waals surface area contributed by atoms with Gasteiger partial charge >= 0.3 is 7.60 Å². The highest BCUT2D eigenvalue weighted by Crippen LogP contribution is 2.51. The predicted molar refractivity (Wildman–Crippen MR) is 137 cm³/mol. The molecule has 186 valence electrons. The zero-order chi connectivity index (χ0) is 23.4. The molecule has 0 aliphatic heterocycles. The van der Waals surface area contributed by atoms with Gasteiger partial charge in [0.25, 0.3) is 0 Å². The number of quaternary nitrogens is 1. The van der Waals surface area contributed by atoms with E-state index in [4.69, 9.17) is 4.52 Å². The van der Waals surface area contributed by atoms with Crippen LogP contribution in [0.3, 0.4) is 0 Å². The molecular weight excluding hydrogens is 405 g/mol. The lowest BCUT2D eigenvalue weighted by molar-refractivity contribution is -0.883. The number of unbranched alkanes of at least 4 members (excludes halogenated alkanes) is 14. The largest absolute Gasteiger partial charge is 0.385 e. The average molecular weight is 461 g/mol. The lowest BCUT2D eigenvalue weighted by atomic mass is 10.0. The lowest BCUT2D eigenvalue weighted by Gasteiger charge is -2.35. The highest BCUT2D eigenvalue weighted by molar-refractivity contribution is 7.53. The average Bonchev–Trinajstić information content (AvgIpc) is 2.68. The molecule has 2 atom stereocenters. The first kappa shape index (κ1) is 30.9. The van der Waals surface area contributed by atoms with Crippen molar-refractivity contribution in [3.8, 4) is 0 Å². The number of hydrogen-bond donors (Lipinski definition) is 1. The van der Waals surface area contributed by atoms with Crippen molar-refractivity contribution in [1.82, 2.24) is 0 Å². The van der Waals surface area contributed by atoms with Gasteiger partial charge in [0.15, 0.2) is 5.78 Å². The molecule has 31 heavy (non-hydrogen) atoms. The molecular formula is C26H55NO3P+. The maximum atomic E-state index is 12.5. The van der Waals surface area contributed by atoms with Crippen molar-refractivity contribution in [2.75, 3.05) is 27.7 Å². The third kappa shape index (κ3) is 18.0. The summed E-state index contributed by atoms with van der Waals surface area (Å²) in [6, 6.07) is 0. The maximum Gasteiger partial charge on any atom is 0.385 e. The van der Waals surface area contributed by atoms with Gasteiger partial charge in [-0.1, -0.05) is 109 Å². The van der Waals surface area contributed by atoms with Crippen LogP contribution in [0.5, 0.6) is 0 Å². The van der Waals surface area contributed by atoms with Crippen LogP contribution in [-0.2, 0) is 9.09 Å². The molecule has 0 aliphatic carbocycles. The van der Waals surface area contributed by atoms with Crippen LogP contribution in [0.1, 0.15) is 123 Å². The Hall–Kier alpha value is -0.150. The second-order valence-electron chi connectivity index (χ2n) is 10.0. The first-order valence-electron chi connectivity index (χ1n) is 13.2. The van der Waals surface area contributed by atoms with Crippen LogP contribution in [-0.4, -0.2) is 42.9 Å². The second-order valence-corrected chi connectivity index (χ2v) is 12.0. The van der Waals surface area contributed by atoms with E-state index in [0.29, 0.717) is 23.9 Å². The molecule has 0 spiro atoms. The Morgan fingerprint density at radius 1 is 0.742 bits per heavy atom. The van der Waals surface area contributed by atoms with Crippen molar-refractivity contribution >= 4 is 7.60 Å². The highest BCUT2D eigenvalue weighted by atomic mass is 31.2. The molecule has 0 amide bonds. The molecule has 0 radical (unpaired) electrons. The van der Waals surface area contributed by atoms with E-state index < -0.39 is 7.60 Å². The normalized spacial score (nSPS) is 15.4. The van der Waals surface area contributed by atoms with Gasteiger partial charge in [-0.25, -0.2) is 0 Å². The Kier molecular flexibility index (Phi) is 19.2. The SMILES string of the molecule is CCCCCCCCCCCCCCCC/C=C\CCOP(=O)(O)C(CC)[N+](C)(C)C. The first-order chi connectivity index (χ1) is 14.8. The Bertz CT molecular complexity index is 474. The fourth-order valence-electron chi connectivity index (χ4n) is 4.25. The molecule has 0 aliphatic rings. The molecule has 0 saturated carbocycles. The van der Waals surface area contributed by atoms with Gasteiger partial charge in [-0.15, -0.1) is 0 Å². The van der Waals surface area contributed by atoms with Gasteiger partial charge < -0.3 is 13.9 Å². The van der Waals surface area contributed by atoms with Gasteiger partial charge in [-0.3, -0.25) is 4.57 Å². The van der Waals surface area contributed by atoms with Gasteiger partial charge in [0.05, 0.1) is 27.7 Å². The second kappa shape index (κ2) is 19.3. The van der Waals surface area contributed by atoms with Crippen LogP contribution >= 0.6 is 7.60 Å². The van der Waals surface area contributed by atoms with Crippen molar-refractivity contribution in [2.24, 2.45) is 0 Å². The van der Waals surface area contributed by atoms with Crippen molar-refractivity contribution in [3.63, 3.8) is 0 Å². The summed E-state index contributed by atoms with van der Waals surface area (Å²) in [5.41, 5.74) is 0. The van der Waals surface area contributed by atoms with E-state index >= 15 is 0 Å². The number of rotatable bonds is 22. The summed E-state index contributed by atoms with van der Waals surface area (Å²) in [5, 5.41) is 0. The van der Waals surface area contributed by atoms with Gasteiger partial charge in [0.2, 0.25) is 0 Å². The van der Waals surface area contributed by atoms with Crippen molar-refractivity contribution in [3.05, 3.63) is 12.2 Å². The Balaban J connectivity index is 3.50. The minimum Gasteiger partial charge on any atom is -0.320 e. The zero-order valence-corrected chi connectivity index (χ0v) is 22.5. The topological polar surface area (TPSA) is 46.5 Å². The zero-order valence-electron chi connectivity index (χ0n) is 21.6. The van der Waals surface area contributed by atoms with Crippen molar-refractivity contribution in [2.45, 2.75) is 129 Å². The Morgan fingerprint density at radius 3 is 1.58 bits per heavy atom. The fourth-order valence-corrected chi connectivity index (χ4v) is 6.12. The monoisotopic (exact) mass is 460 g/mol. The van der Waals surface area contributed by atoms with E-state index in [0.717, 1.165) is 6.42 Å². The Labute approximate surface area is 195 Å². The van der Waals surface area contributed by atoms with Crippen LogP contribution in [0.2, 0.25) is 0 Å². The van der Waals surface area contributed by atoms with Crippen molar-refractivity contribution < 1.29 is 18.5 Å². The molecule has 1 N–H and O–H groups in total. The lowest BCUT2D eigenvalue weighted by Crippen LogP contribution is -2.44. The van der Waals surface area contributed by atoms with E-state index in [1.807, 2.05) is 28.1 Å². The van der Waals surface area contributed by atoms with Crippen LogP contribution in [0.4, 0.5) is 0 Å². The summed E-state index contributed by atoms with van der Waals surface area (Å²) in [6.45, 7) is 4.54. The molecule has 2 unspecified atom stereocenters.